The van der Waals surface area contributed by atoms with Crippen molar-refractivity contribution in [3.8, 4) is 5.75 Å². The van der Waals surface area contributed by atoms with Gasteiger partial charge in [0.15, 0.2) is 0 Å². The van der Waals surface area contributed by atoms with Crippen LogP contribution in [-0.4, -0.2) is 20.2 Å². The van der Waals surface area contributed by atoms with E-state index in [1.54, 1.807) is 7.11 Å². The molecule has 3 nitrogen and oxygen atoms in total. The van der Waals surface area contributed by atoms with Gasteiger partial charge in [0.25, 0.3) is 0 Å². The van der Waals surface area contributed by atoms with Crippen LogP contribution in [0.3, 0.4) is 0 Å². The quantitative estimate of drug-likeness (QED) is 0.712. The summed E-state index contributed by atoms with van der Waals surface area (Å²) in [5, 5.41) is 0. The molecular formula is C14H20O3. The number of hydrogen-bond donors (Lipinski definition) is 0. The molecule has 3 heteroatoms. The van der Waals surface area contributed by atoms with Crippen LogP contribution < -0.4 is 4.74 Å². The Balaban J connectivity index is 2.74. The Hall–Kier alpha value is -1.51. The molecule has 0 aromatic heterocycles. The summed E-state index contributed by atoms with van der Waals surface area (Å²) in [6.07, 6.45) is 2.53. The van der Waals surface area contributed by atoms with E-state index in [4.69, 9.17) is 9.47 Å². The number of hydrogen-bond acceptors (Lipinski definition) is 3. The number of benzene rings is 1. The molecule has 0 bridgehead atoms. The molecule has 0 N–H and O–H groups in total. The standard InChI is InChI=1S/C14H20O3/c1-4-6-12(14(15)17-3)9-11-7-5-8-13(10-11)16-2/h5,7-8,10,12H,4,6,9H2,1-3H3/t12-/m1/s1. The Morgan fingerprint density at radius 2 is 2.12 bits per heavy atom. The zero-order valence-electron chi connectivity index (χ0n) is 10.7. The zero-order chi connectivity index (χ0) is 12.7. The van der Waals surface area contributed by atoms with Crippen molar-refractivity contribution >= 4 is 5.97 Å². The van der Waals surface area contributed by atoms with Crippen LogP contribution >= 0.6 is 0 Å². The lowest BCUT2D eigenvalue weighted by Crippen LogP contribution is -2.18. The third-order valence-corrected chi connectivity index (χ3v) is 2.79. The van der Waals surface area contributed by atoms with Crippen LogP contribution in [0.25, 0.3) is 0 Å². The maximum atomic E-state index is 11.6. The van der Waals surface area contributed by atoms with Crippen LogP contribution in [0.1, 0.15) is 25.3 Å². The molecule has 1 atom stereocenters. The number of ether oxygens (including phenoxy) is 2. The molecule has 0 unspecified atom stereocenters. The number of carbonyl (C=O) groups is 1. The Labute approximate surface area is 103 Å². The highest BCUT2D eigenvalue weighted by Gasteiger charge is 2.18. The molecule has 0 saturated carbocycles. The molecule has 0 aliphatic rings. The average Bonchev–Trinajstić information content (AvgIpc) is 2.37. The molecule has 1 aromatic carbocycles. The van der Waals surface area contributed by atoms with E-state index in [0.29, 0.717) is 6.42 Å². The maximum Gasteiger partial charge on any atom is 0.308 e. The highest BCUT2D eigenvalue weighted by Crippen LogP contribution is 2.19. The van der Waals surface area contributed by atoms with Crippen LogP contribution in [0, 0.1) is 5.92 Å². The van der Waals surface area contributed by atoms with Crippen molar-refractivity contribution in [1.82, 2.24) is 0 Å². The van der Waals surface area contributed by atoms with E-state index < -0.39 is 0 Å². The first-order chi connectivity index (χ1) is 8.21. The normalized spacial score (nSPS) is 11.9. The molecule has 0 spiro atoms. The van der Waals surface area contributed by atoms with E-state index in [1.807, 2.05) is 24.3 Å². The molecule has 0 aliphatic heterocycles. The third-order valence-electron chi connectivity index (χ3n) is 2.79. The lowest BCUT2D eigenvalue weighted by Gasteiger charge is -2.14. The van der Waals surface area contributed by atoms with E-state index in [9.17, 15) is 4.79 Å². The number of rotatable bonds is 6. The Bertz CT molecular complexity index is 360. The fourth-order valence-corrected chi connectivity index (χ4v) is 1.90. The molecule has 0 amide bonds. The Morgan fingerprint density at radius 1 is 1.35 bits per heavy atom. The summed E-state index contributed by atoms with van der Waals surface area (Å²) in [7, 11) is 3.08. The molecule has 0 radical (unpaired) electrons. The van der Waals surface area contributed by atoms with Crippen molar-refractivity contribution in [3.05, 3.63) is 29.8 Å². The molecule has 94 valence electrons. The van der Waals surface area contributed by atoms with E-state index in [-0.39, 0.29) is 11.9 Å². The third kappa shape index (κ3) is 4.10. The molecule has 1 rings (SSSR count). The smallest absolute Gasteiger partial charge is 0.308 e. The summed E-state index contributed by atoms with van der Waals surface area (Å²) < 4.78 is 9.99. The summed E-state index contributed by atoms with van der Waals surface area (Å²) in [5.74, 6) is 0.634. The fraction of sp³-hybridized carbons (Fsp3) is 0.500. The number of methoxy groups -OCH3 is 2. The minimum atomic E-state index is -0.130. The highest BCUT2D eigenvalue weighted by atomic mass is 16.5. The minimum Gasteiger partial charge on any atom is -0.497 e. The van der Waals surface area contributed by atoms with Gasteiger partial charge in [-0.15, -0.1) is 0 Å². The first-order valence-electron chi connectivity index (χ1n) is 5.92. The molecule has 1 aromatic rings. The van der Waals surface area contributed by atoms with Crippen molar-refractivity contribution in [2.24, 2.45) is 5.92 Å². The monoisotopic (exact) mass is 236 g/mol. The SMILES string of the molecule is CCC[C@H](Cc1cccc(OC)c1)C(=O)OC. The second-order valence-electron chi connectivity index (χ2n) is 4.06. The van der Waals surface area contributed by atoms with Gasteiger partial charge in [-0.3, -0.25) is 4.79 Å². The zero-order valence-corrected chi connectivity index (χ0v) is 10.7. The average molecular weight is 236 g/mol. The number of carbonyl (C=O) groups excluding carboxylic acids is 1. The van der Waals surface area contributed by atoms with Crippen molar-refractivity contribution in [2.75, 3.05) is 14.2 Å². The summed E-state index contributed by atoms with van der Waals surface area (Å²) >= 11 is 0. The molecule has 17 heavy (non-hydrogen) atoms. The molecule has 0 aliphatic carbocycles. The van der Waals surface area contributed by atoms with Crippen LogP contribution in [0.4, 0.5) is 0 Å². The second kappa shape index (κ2) is 6.94. The topological polar surface area (TPSA) is 35.5 Å². The van der Waals surface area contributed by atoms with E-state index in [1.165, 1.54) is 7.11 Å². The van der Waals surface area contributed by atoms with Gasteiger partial charge in [0, 0.05) is 0 Å². The minimum absolute atomic E-state index is 0.0582. The van der Waals surface area contributed by atoms with Gasteiger partial charge in [-0.1, -0.05) is 25.5 Å². The lowest BCUT2D eigenvalue weighted by molar-refractivity contribution is -0.145. The Kier molecular flexibility index (Phi) is 5.53. The lowest BCUT2D eigenvalue weighted by atomic mass is 9.95. The van der Waals surface area contributed by atoms with Crippen molar-refractivity contribution in [3.63, 3.8) is 0 Å². The summed E-state index contributed by atoms with van der Waals surface area (Å²) in [5.41, 5.74) is 1.10. The van der Waals surface area contributed by atoms with Crippen molar-refractivity contribution in [2.45, 2.75) is 26.2 Å². The van der Waals surface area contributed by atoms with Gasteiger partial charge in [0.2, 0.25) is 0 Å². The molecule has 0 fully saturated rings. The van der Waals surface area contributed by atoms with Crippen LogP contribution in [0.15, 0.2) is 24.3 Å². The summed E-state index contributed by atoms with van der Waals surface area (Å²) in [6.45, 7) is 2.07. The van der Waals surface area contributed by atoms with Gasteiger partial charge in [-0.25, -0.2) is 0 Å². The fourth-order valence-electron chi connectivity index (χ4n) is 1.90. The van der Waals surface area contributed by atoms with Gasteiger partial charge in [-0.05, 0) is 30.5 Å². The van der Waals surface area contributed by atoms with Crippen LogP contribution in [0.5, 0.6) is 5.75 Å². The van der Waals surface area contributed by atoms with Gasteiger partial charge in [0.1, 0.15) is 5.75 Å². The van der Waals surface area contributed by atoms with Gasteiger partial charge < -0.3 is 9.47 Å². The number of esters is 1. The van der Waals surface area contributed by atoms with E-state index in [0.717, 1.165) is 24.2 Å². The predicted octanol–water partition coefficient (Wildman–Crippen LogP) is 2.83. The molecule has 0 saturated heterocycles. The molecular weight excluding hydrogens is 216 g/mol. The van der Waals surface area contributed by atoms with E-state index in [2.05, 4.69) is 6.92 Å². The highest BCUT2D eigenvalue weighted by molar-refractivity contribution is 5.72. The van der Waals surface area contributed by atoms with Gasteiger partial charge in [0.05, 0.1) is 20.1 Å². The van der Waals surface area contributed by atoms with Crippen molar-refractivity contribution < 1.29 is 14.3 Å². The summed E-state index contributed by atoms with van der Waals surface area (Å²) in [4.78, 5) is 11.6. The van der Waals surface area contributed by atoms with E-state index >= 15 is 0 Å². The Morgan fingerprint density at radius 3 is 2.71 bits per heavy atom. The molecule has 0 heterocycles. The largest absolute Gasteiger partial charge is 0.497 e. The van der Waals surface area contributed by atoms with Gasteiger partial charge in [-0.2, -0.15) is 0 Å². The van der Waals surface area contributed by atoms with Crippen LogP contribution in [-0.2, 0) is 16.0 Å². The van der Waals surface area contributed by atoms with Crippen LogP contribution in [0.2, 0.25) is 0 Å². The summed E-state index contributed by atoms with van der Waals surface area (Å²) in [6, 6.07) is 7.81. The predicted molar refractivity (Wildman–Crippen MR) is 67.1 cm³/mol. The van der Waals surface area contributed by atoms with Crippen molar-refractivity contribution in [1.29, 1.82) is 0 Å². The maximum absolute atomic E-state index is 11.6. The van der Waals surface area contributed by atoms with Gasteiger partial charge >= 0.3 is 5.97 Å². The first kappa shape index (κ1) is 13.6. The second-order valence-corrected chi connectivity index (χ2v) is 4.06. The first-order valence-corrected chi connectivity index (χ1v) is 5.92.